The number of fused-ring (bicyclic) bond motifs is 1. The lowest BCUT2D eigenvalue weighted by molar-refractivity contribution is -0.127. The number of nitrogens with one attached hydrogen (secondary N) is 1. The fourth-order valence-corrected chi connectivity index (χ4v) is 3.67. The number of rotatable bonds is 8. The van der Waals surface area contributed by atoms with E-state index in [2.05, 4.69) is 17.4 Å². The molecule has 1 unspecified atom stereocenters. The van der Waals surface area contributed by atoms with Crippen LogP contribution in [-0.4, -0.2) is 33.3 Å². The van der Waals surface area contributed by atoms with Crippen molar-refractivity contribution in [2.75, 3.05) is 21.3 Å². The molecule has 29 heavy (non-hydrogen) atoms. The van der Waals surface area contributed by atoms with E-state index in [1.165, 1.54) is 24.0 Å². The molecule has 0 aliphatic heterocycles. The van der Waals surface area contributed by atoms with Gasteiger partial charge in [-0.1, -0.05) is 6.07 Å². The first-order valence-corrected chi connectivity index (χ1v) is 9.91. The zero-order valence-corrected chi connectivity index (χ0v) is 17.5. The quantitative estimate of drug-likeness (QED) is 0.734. The Morgan fingerprint density at radius 3 is 2.38 bits per heavy atom. The zero-order valence-electron chi connectivity index (χ0n) is 17.5. The van der Waals surface area contributed by atoms with Crippen LogP contribution in [0.4, 0.5) is 0 Å². The first kappa shape index (κ1) is 20.8. The van der Waals surface area contributed by atoms with Crippen LogP contribution in [0.1, 0.15) is 36.5 Å². The van der Waals surface area contributed by atoms with E-state index in [4.69, 9.17) is 18.9 Å². The molecule has 1 atom stereocenters. The lowest BCUT2D eigenvalue weighted by Crippen LogP contribution is -2.36. The fraction of sp³-hybridized carbons (Fsp3) is 0.435. The van der Waals surface area contributed by atoms with Crippen molar-refractivity contribution in [1.29, 1.82) is 0 Å². The largest absolute Gasteiger partial charge is 0.493 e. The van der Waals surface area contributed by atoms with Gasteiger partial charge in [0.2, 0.25) is 5.75 Å². The minimum atomic E-state index is -0.609. The van der Waals surface area contributed by atoms with Crippen LogP contribution < -0.4 is 24.3 Å². The van der Waals surface area contributed by atoms with Gasteiger partial charge in [-0.05, 0) is 68.0 Å². The van der Waals surface area contributed by atoms with Crippen molar-refractivity contribution in [2.45, 2.75) is 45.3 Å². The first-order valence-electron chi connectivity index (χ1n) is 9.91. The van der Waals surface area contributed by atoms with E-state index in [-0.39, 0.29) is 5.91 Å². The normalized spacial score (nSPS) is 13.8. The van der Waals surface area contributed by atoms with Crippen molar-refractivity contribution < 1.29 is 23.7 Å². The lowest BCUT2D eigenvalue weighted by atomic mass is 9.92. The Morgan fingerprint density at radius 1 is 0.966 bits per heavy atom. The minimum absolute atomic E-state index is 0.195. The third-order valence-electron chi connectivity index (χ3n) is 5.24. The summed E-state index contributed by atoms with van der Waals surface area (Å²) in [5.41, 5.74) is 3.51. The Hall–Kier alpha value is -2.89. The van der Waals surface area contributed by atoms with Crippen LogP contribution in [0.15, 0.2) is 30.3 Å². The van der Waals surface area contributed by atoms with Crippen LogP contribution in [0.2, 0.25) is 0 Å². The molecule has 0 fully saturated rings. The molecule has 1 aliphatic rings. The molecule has 2 aromatic carbocycles. The summed E-state index contributed by atoms with van der Waals surface area (Å²) in [5, 5.41) is 2.90. The van der Waals surface area contributed by atoms with Crippen molar-refractivity contribution in [3.05, 3.63) is 47.0 Å². The molecule has 156 valence electrons. The number of carbonyl (C=O) groups is 1. The molecule has 3 rings (SSSR count). The second kappa shape index (κ2) is 9.54. The highest BCUT2D eigenvalue weighted by atomic mass is 16.5. The number of aryl methyl sites for hydroxylation is 2. The van der Waals surface area contributed by atoms with Gasteiger partial charge in [0.15, 0.2) is 17.6 Å². The van der Waals surface area contributed by atoms with Crippen LogP contribution in [0, 0.1) is 0 Å². The second-order valence-corrected chi connectivity index (χ2v) is 7.11. The third kappa shape index (κ3) is 4.75. The highest BCUT2D eigenvalue weighted by Crippen LogP contribution is 2.39. The zero-order chi connectivity index (χ0) is 20.8. The van der Waals surface area contributed by atoms with Gasteiger partial charge < -0.3 is 24.3 Å². The molecule has 1 aliphatic carbocycles. The summed E-state index contributed by atoms with van der Waals surface area (Å²) < 4.78 is 22.0. The Morgan fingerprint density at radius 2 is 1.69 bits per heavy atom. The van der Waals surface area contributed by atoms with E-state index in [1.54, 1.807) is 34.3 Å². The van der Waals surface area contributed by atoms with E-state index >= 15 is 0 Å². The Bertz CT molecular complexity index is 865. The molecule has 0 radical (unpaired) electrons. The molecule has 0 spiro atoms. The molecule has 0 saturated carbocycles. The maximum atomic E-state index is 12.6. The van der Waals surface area contributed by atoms with Crippen molar-refractivity contribution in [2.24, 2.45) is 0 Å². The molecule has 0 heterocycles. The van der Waals surface area contributed by atoms with Gasteiger partial charge in [0.05, 0.1) is 21.3 Å². The number of methoxy groups -OCH3 is 3. The second-order valence-electron chi connectivity index (χ2n) is 7.11. The fourth-order valence-electron chi connectivity index (χ4n) is 3.67. The molecular weight excluding hydrogens is 370 g/mol. The number of benzene rings is 2. The standard InChI is InChI=1S/C23H29NO5/c1-15(29-19-11-9-16-7-5-6-8-17(16)13-19)23(25)24-14-18-10-12-20(26-2)22(28-4)21(18)27-3/h9-13,15H,5-8,14H2,1-4H3,(H,24,25). The van der Waals surface area contributed by atoms with Gasteiger partial charge in [-0.15, -0.1) is 0 Å². The van der Waals surface area contributed by atoms with Crippen molar-refractivity contribution >= 4 is 5.91 Å². The predicted molar refractivity (Wildman–Crippen MR) is 111 cm³/mol. The van der Waals surface area contributed by atoms with E-state index in [0.717, 1.165) is 24.2 Å². The van der Waals surface area contributed by atoms with E-state index in [0.29, 0.717) is 23.8 Å². The van der Waals surface area contributed by atoms with E-state index in [1.807, 2.05) is 12.1 Å². The number of amides is 1. The highest BCUT2D eigenvalue weighted by Gasteiger charge is 2.19. The maximum absolute atomic E-state index is 12.6. The first-order chi connectivity index (χ1) is 14.1. The molecule has 1 N–H and O–H groups in total. The van der Waals surface area contributed by atoms with Crippen LogP contribution >= 0.6 is 0 Å². The van der Waals surface area contributed by atoms with Crippen molar-refractivity contribution in [3.8, 4) is 23.0 Å². The number of carbonyl (C=O) groups excluding carboxylic acids is 1. The van der Waals surface area contributed by atoms with Crippen molar-refractivity contribution in [3.63, 3.8) is 0 Å². The molecule has 6 heteroatoms. The maximum Gasteiger partial charge on any atom is 0.261 e. The van der Waals surface area contributed by atoms with Gasteiger partial charge in [0.25, 0.3) is 5.91 Å². The summed E-state index contributed by atoms with van der Waals surface area (Å²) >= 11 is 0. The van der Waals surface area contributed by atoms with Crippen LogP contribution in [0.3, 0.4) is 0 Å². The minimum Gasteiger partial charge on any atom is -0.493 e. The third-order valence-corrected chi connectivity index (χ3v) is 5.24. The summed E-state index contributed by atoms with van der Waals surface area (Å²) in [6.45, 7) is 2.04. The van der Waals surface area contributed by atoms with Gasteiger partial charge in [-0.3, -0.25) is 4.79 Å². The Kier molecular flexibility index (Phi) is 6.86. The number of hydrogen-bond donors (Lipinski definition) is 1. The highest BCUT2D eigenvalue weighted by molar-refractivity contribution is 5.80. The summed E-state index contributed by atoms with van der Waals surface area (Å²) in [6.07, 6.45) is 4.04. The average Bonchev–Trinajstić information content (AvgIpc) is 2.76. The summed E-state index contributed by atoms with van der Waals surface area (Å²) in [7, 11) is 4.68. The smallest absolute Gasteiger partial charge is 0.261 e. The topological polar surface area (TPSA) is 66.0 Å². The number of ether oxygens (including phenoxy) is 4. The molecular formula is C23H29NO5. The molecule has 0 aromatic heterocycles. The molecule has 1 amide bonds. The van der Waals surface area contributed by atoms with Gasteiger partial charge in [-0.2, -0.15) is 0 Å². The Balaban J connectivity index is 1.63. The summed E-state index contributed by atoms with van der Waals surface area (Å²) in [6, 6.07) is 9.76. The van der Waals surface area contributed by atoms with Gasteiger partial charge in [0, 0.05) is 12.1 Å². The van der Waals surface area contributed by atoms with Crippen LogP contribution in [-0.2, 0) is 24.2 Å². The molecule has 0 bridgehead atoms. The Labute approximate surface area is 172 Å². The van der Waals surface area contributed by atoms with Crippen molar-refractivity contribution in [1.82, 2.24) is 5.32 Å². The van der Waals surface area contributed by atoms with Crippen LogP contribution in [0.25, 0.3) is 0 Å². The molecule has 2 aromatic rings. The van der Waals surface area contributed by atoms with Gasteiger partial charge in [0.1, 0.15) is 5.75 Å². The van der Waals surface area contributed by atoms with E-state index in [9.17, 15) is 4.79 Å². The average molecular weight is 399 g/mol. The lowest BCUT2D eigenvalue weighted by Gasteiger charge is -2.20. The molecule has 6 nitrogen and oxygen atoms in total. The SMILES string of the molecule is COc1ccc(CNC(=O)C(C)Oc2ccc3c(c2)CCCC3)c(OC)c1OC. The summed E-state index contributed by atoms with van der Waals surface area (Å²) in [5.74, 6) is 2.15. The van der Waals surface area contributed by atoms with Crippen LogP contribution in [0.5, 0.6) is 23.0 Å². The monoisotopic (exact) mass is 399 g/mol. The van der Waals surface area contributed by atoms with Gasteiger partial charge >= 0.3 is 0 Å². The predicted octanol–water partition coefficient (Wildman–Crippen LogP) is 3.67. The van der Waals surface area contributed by atoms with E-state index < -0.39 is 6.10 Å². The number of hydrogen-bond acceptors (Lipinski definition) is 5. The molecule has 0 saturated heterocycles. The van der Waals surface area contributed by atoms with Gasteiger partial charge in [-0.25, -0.2) is 0 Å². The summed E-state index contributed by atoms with van der Waals surface area (Å²) in [4.78, 5) is 12.6.